The van der Waals surface area contributed by atoms with Gasteiger partial charge in [-0.2, -0.15) is 0 Å². The van der Waals surface area contributed by atoms with Crippen LogP contribution in [0.5, 0.6) is 0 Å². The van der Waals surface area contributed by atoms with Gasteiger partial charge < -0.3 is 9.73 Å². The van der Waals surface area contributed by atoms with E-state index in [0.717, 1.165) is 43.4 Å². The first kappa shape index (κ1) is 10.7. The standard InChI is InChI=1S/C12H20N2O/c1-9(2)5-11-8-15-12(14-11)6-10-3-4-13-7-10/h8-10,13H,3-7H2,1-2H3. The van der Waals surface area contributed by atoms with Gasteiger partial charge >= 0.3 is 0 Å². The molecule has 1 aromatic rings. The molecule has 15 heavy (non-hydrogen) atoms. The van der Waals surface area contributed by atoms with E-state index >= 15 is 0 Å². The number of rotatable bonds is 4. The Labute approximate surface area is 91.3 Å². The van der Waals surface area contributed by atoms with Gasteiger partial charge in [0.1, 0.15) is 6.26 Å². The van der Waals surface area contributed by atoms with E-state index in [-0.39, 0.29) is 0 Å². The fourth-order valence-electron chi connectivity index (χ4n) is 2.09. The molecule has 1 fully saturated rings. The summed E-state index contributed by atoms with van der Waals surface area (Å²) in [7, 11) is 0. The van der Waals surface area contributed by atoms with Gasteiger partial charge in [0.2, 0.25) is 0 Å². The highest BCUT2D eigenvalue weighted by Gasteiger charge is 2.17. The van der Waals surface area contributed by atoms with Crippen LogP contribution >= 0.6 is 0 Å². The van der Waals surface area contributed by atoms with Gasteiger partial charge in [0, 0.05) is 6.42 Å². The number of oxazole rings is 1. The molecule has 1 aliphatic rings. The highest BCUT2D eigenvalue weighted by atomic mass is 16.3. The van der Waals surface area contributed by atoms with Gasteiger partial charge in [0.05, 0.1) is 5.69 Å². The largest absolute Gasteiger partial charge is 0.449 e. The fraction of sp³-hybridized carbons (Fsp3) is 0.750. The van der Waals surface area contributed by atoms with Gasteiger partial charge in [0.25, 0.3) is 0 Å². The molecule has 0 radical (unpaired) electrons. The monoisotopic (exact) mass is 208 g/mol. The molecule has 1 aliphatic heterocycles. The second kappa shape index (κ2) is 4.79. The van der Waals surface area contributed by atoms with Crippen LogP contribution < -0.4 is 5.32 Å². The Kier molecular flexibility index (Phi) is 3.41. The molecular formula is C12H20N2O. The summed E-state index contributed by atoms with van der Waals surface area (Å²) >= 11 is 0. The maximum Gasteiger partial charge on any atom is 0.194 e. The first-order valence-electron chi connectivity index (χ1n) is 5.88. The van der Waals surface area contributed by atoms with Crippen LogP contribution in [0, 0.1) is 11.8 Å². The summed E-state index contributed by atoms with van der Waals surface area (Å²) in [5.74, 6) is 2.28. The zero-order valence-corrected chi connectivity index (χ0v) is 9.62. The first-order valence-corrected chi connectivity index (χ1v) is 5.88. The van der Waals surface area contributed by atoms with Gasteiger partial charge in [-0.1, -0.05) is 13.8 Å². The predicted octanol–water partition coefficient (Wildman–Crippen LogP) is 2.03. The van der Waals surface area contributed by atoms with Crippen molar-refractivity contribution in [1.29, 1.82) is 0 Å². The molecule has 0 spiro atoms. The summed E-state index contributed by atoms with van der Waals surface area (Å²) in [4.78, 5) is 4.52. The Morgan fingerprint density at radius 1 is 1.60 bits per heavy atom. The van der Waals surface area contributed by atoms with E-state index in [1.807, 2.05) is 6.26 Å². The third-order valence-corrected chi connectivity index (χ3v) is 2.84. The van der Waals surface area contributed by atoms with Crippen molar-refractivity contribution in [3.05, 3.63) is 17.8 Å². The van der Waals surface area contributed by atoms with Crippen molar-refractivity contribution in [2.24, 2.45) is 11.8 Å². The zero-order chi connectivity index (χ0) is 10.7. The van der Waals surface area contributed by atoms with E-state index in [9.17, 15) is 0 Å². The average molecular weight is 208 g/mol. The lowest BCUT2D eigenvalue weighted by Crippen LogP contribution is -2.10. The van der Waals surface area contributed by atoms with Crippen molar-refractivity contribution in [3.63, 3.8) is 0 Å². The summed E-state index contributed by atoms with van der Waals surface area (Å²) in [6.07, 6.45) is 5.08. The zero-order valence-electron chi connectivity index (χ0n) is 9.62. The molecule has 0 bridgehead atoms. The van der Waals surface area contributed by atoms with Crippen molar-refractivity contribution in [1.82, 2.24) is 10.3 Å². The Morgan fingerprint density at radius 2 is 2.47 bits per heavy atom. The molecule has 3 nitrogen and oxygen atoms in total. The van der Waals surface area contributed by atoms with Crippen molar-refractivity contribution in [2.75, 3.05) is 13.1 Å². The van der Waals surface area contributed by atoms with E-state index in [1.165, 1.54) is 6.42 Å². The van der Waals surface area contributed by atoms with Crippen LogP contribution in [-0.2, 0) is 12.8 Å². The summed E-state index contributed by atoms with van der Waals surface area (Å²) < 4.78 is 5.49. The second-order valence-corrected chi connectivity index (χ2v) is 4.89. The lowest BCUT2D eigenvalue weighted by Gasteiger charge is -2.03. The Bertz CT molecular complexity index is 300. The molecule has 2 rings (SSSR count). The fourth-order valence-corrected chi connectivity index (χ4v) is 2.09. The SMILES string of the molecule is CC(C)Cc1coc(CC2CCNC2)n1. The highest BCUT2D eigenvalue weighted by Crippen LogP contribution is 2.16. The third kappa shape index (κ3) is 3.06. The number of nitrogens with zero attached hydrogens (tertiary/aromatic N) is 1. The molecule has 84 valence electrons. The topological polar surface area (TPSA) is 38.1 Å². The van der Waals surface area contributed by atoms with Crippen LogP contribution in [-0.4, -0.2) is 18.1 Å². The summed E-state index contributed by atoms with van der Waals surface area (Å²) in [5, 5.41) is 3.36. The van der Waals surface area contributed by atoms with Crippen LogP contribution in [0.4, 0.5) is 0 Å². The minimum atomic E-state index is 0.649. The smallest absolute Gasteiger partial charge is 0.194 e. The molecule has 0 aliphatic carbocycles. The molecule has 0 amide bonds. The van der Waals surface area contributed by atoms with Gasteiger partial charge in [-0.3, -0.25) is 0 Å². The van der Waals surface area contributed by atoms with Crippen LogP contribution in [0.1, 0.15) is 31.9 Å². The van der Waals surface area contributed by atoms with Crippen LogP contribution in [0.2, 0.25) is 0 Å². The first-order chi connectivity index (χ1) is 7.24. The highest BCUT2D eigenvalue weighted by molar-refractivity contribution is 4.98. The Balaban J connectivity index is 1.88. The van der Waals surface area contributed by atoms with Crippen LogP contribution in [0.3, 0.4) is 0 Å². The predicted molar refractivity (Wildman–Crippen MR) is 59.7 cm³/mol. The summed E-state index contributed by atoms with van der Waals surface area (Å²) in [6, 6.07) is 0. The molecular weight excluding hydrogens is 188 g/mol. The van der Waals surface area contributed by atoms with Crippen LogP contribution in [0.25, 0.3) is 0 Å². The van der Waals surface area contributed by atoms with E-state index in [1.54, 1.807) is 0 Å². The van der Waals surface area contributed by atoms with Crippen molar-refractivity contribution in [3.8, 4) is 0 Å². The maximum atomic E-state index is 5.49. The van der Waals surface area contributed by atoms with Crippen molar-refractivity contribution >= 4 is 0 Å². The van der Waals surface area contributed by atoms with Gasteiger partial charge in [-0.25, -0.2) is 4.98 Å². The lowest BCUT2D eigenvalue weighted by molar-refractivity contribution is 0.442. The van der Waals surface area contributed by atoms with Crippen molar-refractivity contribution in [2.45, 2.75) is 33.1 Å². The van der Waals surface area contributed by atoms with E-state index in [0.29, 0.717) is 5.92 Å². The number of aromatic nitrogens is 1. The summed E-state index contributed by atoms with van der Waals surface area (Å²) in [6.45, 7) is 6.66. The molecule has 1 unspecified atom stereocenters. The quantitative estimate of drug-likeness (QED) is 0.822. The average Bonchev–Trinajstić information content (AvgIpc) is 2.77. The van der Waals surface area contributed by atoms with Crippen molar-refractivity contribution < 1.29 is 4.42 Å². The normalized spacial score (nSPS) is 21.4. The maximum absolute atomic E-state index is 5.49. The number of hydrogen-bond donors (Lipinski definition) is 1. The molecule has 1 atom stereocenters. The van der Waals surface area contributed by atoms with E-state index < -0.39 is 0 Å². The molecule has 1 aromatic heterocycles. The van der Waals surface area contributed by atoms with E-state index in [2.05, 4.69) is 24.1 Å². The number of hydrogen-bond acceptors (Lipinski definition) is 3. The lowest BCUT2D eigenvalue weighted by atomic mass is 10.1. The minimum absolute atomic E-state index is 0.649. The Morgan fingerprint density at radius 3 is 3.13 bits per heavy atom. The van der Waals surface area contributed by atoms with Gasteiger partial charge in [-0.05, 0) is 37.8 Å². The second-order valence-electron chi connectivity index (χ2n) is 4.89. The molecule has 1 N–H and O–H groups in total. The molecule has 2 heterocycles. The minimum Gasteiger partial charge on any atom is -0.449 e. The summed E-state index contributed by atoms with van der Waals surface area (Å²) in [5.41, 5.74) is 1.10. The molecule has 0 saturated carbocycles. The molecule has 0 aromatic carbocycles. The number of nitrogens with one attached hydrogen (secondary N) is 1. The third-order valence-electron chi connectivity index (χ3n) is 2.84. The van der Waals surface area contributed by atoms with E-state index in [4.69, 9.17) is 4.42 Å². The Hall–Kier alpha value is -0.830. The van der Waals surface area contributed by atoms with Crippen LogP contribution in [0.15, 0.2) is 10.7 Å². The molecule has 3 heteroatoms. The molecule has 1 saturated heterocycles. The van der Waals surface area contributed by atoms with Gasteiger partial charge in [0.15, 0.2) is 5.89 Å². The van der Waals surface area contributed by atoms with Gasteiger partial charge in [-0.15, -0.1) is 0 Å².